The van der Waals surface area contributed by atoms with Gasteiger partial charge in [0.1, 0.15) is 0 Å². The molecule has 0 aliphatic heterocycles. The molecule has 0 amide bonds. The van der Waals surface area contributed by atoms with Gasteiger partial charge in [-0.25, -0.2) is 8.42 Å². The van der Waals surface area contributed by atoms with Gasteiger partial charge in [0.2, 0.25) is 0 Å². The van der Waals surface area contributed by atoms with E-state index in [1.54, 1.807) is 19.1 Å². The molecule has 1 atom stereocenters. The van der Waals surface area contributed by atoms with Gasteiger partial charge in [0.15, 0.2) is 9.84 Å². The van der Waals surface area contributed by atoms with E-state index in [9.17, 15) is 8.42 Å². The average molecular weight is 283 g/mol. The zero-order chi connectivity index (χ0) is 12.3. The molecule has 1 aromatic rings. The van der Waals surface area contributed by atoms with Crippen LogP contribution in [0, 0.1) is 0 Å². The van der Waals surface area contributed by atoms with E-state index in [0.717, 1.165) is 0 Å². The third-order valence-corrected chi connectivity index (χ3v) is 5.17. The highest BCUT2D eigenvalue weighted by atomic mass is 35.5. The van der Waals surface area contributed by atoms with Crippen molar-refractivity contribution in [2.75, 3.05) is 12.4 Å². The first-order valence-electron chi connectivity index (χ1n) is 4.66. The SMILES string of the molecule is C[C@@H](c1ccc(Cl)c(Cl)c1)S(=O)(=O)CCO. The van der Waals surface area contributed by atoms with Crippen molar-refractivity contribution < 1.29 is 13.5 Å². The van der Waals surface area contributed by atoms with Crippen LogP contribution in [-0.2, 0) is 9.84 Å². The summed E-state index contributed by atoms with van der Waals surface area (Å²) in [6, 6.07) is 4.71. The molecule has 0 aromatic heterocycles. The van der Waals surface area contributed by atoms with Crippen molar-refractivity contribution in [1.82, 2.24) is 0 Å². The number of aliphatic hydroxyl groups excluding tert-OH is 1. The predicted molar refractivity (Wildman–Crippen MR) is 65.7 cm³/mol. The monoisotopic (exact) mass is 282 g/mol. The highest BCUT2D eigenvalue weighted by Gasteiger charge is 2.22. The molecule has 1 aromatic carbocycles. The van der Waals surface area contributed by atoms with Gasteiger partial charge in [-0.2, -0.15) is 0 Å². The minimum Gasteiger partial charge on any atom is -0.395 e. The molecule has 0 aliphatic rings. The van der Waals surface area contributed by atoms with Crippen LogP contribution in [0.15, 0.2) is 18.2 Å². The van der Waals surface area contributed by atoms with Crippen LogP contribution in [0.1, 0.15) is 17.7 Å². The van der Waals surface area contributed by atoms with E-state index in [1.165, 1.54) is 6.07 Å². The van der Waals surface area contributed by atoms with Crippen LogP contribution >= 0.6 is 23.2 Å². The maximum atomic E-state index is 11.7. The Bertz CT molecular complexity index is 471. The van der Waals surface area contributed by atoms with Gasteiger partial charge in [-0.3, -0.25) is 0 Å². The van der Waals surface area contributed by atoms with Gasteiger partial charge < -0.3 is 5.11 Å². The first kappa shape index (κ1) is 13.8. The van der Waals surface area contributed by atoms with E-state index in [2.05, 4.69) is 0 Å². The van der Waals surface area contributed by atoms with Crippen LogP contribution < -0.4 is 0 Å². The molecule has 0 bridgehead atoms. The summed E-state index contributed by atoms with van der Waals surface area (Å²) in [5, 5.41) is 8.68. The topological polar surface area (TPSA) is 54.4 Å². The Balaban J connectivity index is 3.05. The Morgan fingerprint density at radius 1 is 1.31 bits per heavy atom. The highest BCUT2D eigenvalue weighted by molar-refractivity contribution is 7.91. The molecule has 6 heteroatoms. The van der Waals surface area contributed by atoms with Crippen LogP contribution in [0.3, 0.4) is 0 Å². The van der Waals surface area contributed by atoms with Gasteiger partial charge in [-0.05, 0) is 24.6 Å². The average Bonchev–Trinajstić information content (AvgIpc) is 2.21. The van der Waals surface area contributed by atoms with Crippen LogP contribution in [0.25, 0.3) is 0 Å². The molecule has 0 aliphatic carbocycles. The van der Waals surface area contributed by atoms with E-state index in [0.29, 0.717) is 15.6 Å². The lowest BCUT2D eigenvalue weighted by molar-refractivity contribution is 0.319. The van der Waals surface area contributed by atoms with Crippen LogP contribution in [0.4, 0.5) is 0 Å². The Kier molecular flexibility index (Phi) is 4.62. The zero-order valence-corrected chi connectivity index (χ0v) is 11.0. The Morgan fingerprint density at radius 2 is 1.94 bits per heavy atom. The largest absolute Gasteiger partial charge is 0.395 e. The Hall–Kier alpha value is -0.290. The number of hydrogen-bond donors (Lipinski definition) is 1. The van der Waals surface area contributed by atoms with Gasteiger partial charge in [0.05, 0.1) is 27.7 Å². The van der Waals surface area contributed by atoms with E-state index >= 15 is 0 Å². The third kappa shape index (κ3) is 3.10. The lowest BCUT2D eigenvalue weighted by Crippen LogP contribution is -2.16. The highest BCUT2D eigenvalue weighted by Crippen LogP contribution is 2.29. The molecule has 0 radical (unpaired) electrons. The summed E-state index contributed by atoms with van der Waals surface area (Å²) in [5.74, 6) is -0.256. The molecular weight excluding hydrogens is 271 g/mol. The minimum absolute atomic E-state index is 0.256. The minimum atomic E-state index is -3.34. The van der Waals surface area contributed by atoms with E-state index in [4.69, 9.17) is 28.3 Å². The molecular formula is C10H12Cl2O3S. The molecule has 3 nitrogen and oxygen atoms in total. The number of rotatable bonds is 4. The lowest BCUT2D eigenvalue weighted by Gasteiger charge is -2.13. The van der Waals surface area contributed by atoms with E-state index < -0.39 is 15.1 Å². The molecule has 1 rings (SSSR count). The first-order valence-corrected chi connectivity index (χ1v) is 7.13. The van der Waals surface area contributed by atoms with Crippen LogP contribution in [0.2, 0.25) is 10.0 Å². The maximum absolute atomic E-state index is 11.7. The molecule has 0 heterocycles. The van der Waals surface area contributed by atoms with Crippen molar-refractivity contribution in [3.05, 3.63) is 33.8 Å². The molecule has 0 spiro atoms. The first-order chi connectivity index (χ1) is 7.38. The quantitative estimate of drug-likeness (QED) is 0.923. The van der Waals surface area contributed by atoms with Gasteiger partial charge in [0, 0.05) is 0 Å². The van der Waals surface area contributed by atoms with Crippen molar-refractivity contribution in [2.24, 2.45) is 0 Å². The second-order valence-electron chi connectivity index (χ2n) is 3.41. The molecule has 0 fully saturated rings. The number of hydrogen-bond acceptors (Lipinski definition) is 3. The Labute approximate surface area is 105 Å². The summed E-state index contributed by atoms with van der Waals surface area (Å²) >= 11 is 11.5. The molecule has 0 saturated heterocycles. The van der Waals surface area contributed by atoms with Gasteiger partial charge >= 0.3 is 0 Å². The maximum Gasteiger partial charge on any atom is 0.159 e. The van der Waals surface area contributed by atoms with Gasteiger partial charge in [0.25, 0.3) is 0 Å². The van der Waals surface area contributed by atoms with Crippen molar-refractivity contribution >= 4 is 33.0 Å². The van der Waals surface area contributed by atoms with Crippen LogP contribution in [0.5, 0.6) is 0 Å². The molecule has 1 N–H and O–H groups in total. The smallest absolute Gasteiger partial charge is 0.159 e. The van der Waals surface area contributed by atoms with Crippen LogP contribution in [-0.4, -0.2) is 25.9 Å². The number of aliphatic hydroxyl groups is 1. The molecule has 90 valence electrons. The molecule has 0 unspecified atom stereocenters. The number of sulfone groups is 1. The standard InChI is InChI=1S/C10H12Cl2O3S/c1-7(16(14,15)5-4-13)8-2-3-9(11)10(12)6-8/h2-3,6-7,13H,4-5H2,1H3/t7-/m0/s1. The number of benzene rings is 1. The summed E-state index contributed by atoms with van der Waals surface area (Å²) in [5.41, 5.74) is 0.572. The van der Waals surface area contributed by atoms with Gasteiger partial charge in [-0.1, -0.05) is 29.3 Å². The summed E-state index contributed by atoms with van der Waals surface area (Å²) in [4.78, 5) is 0. The van der Waals surface area contributed by atoms with Crippen molar-refractivity contribution in [3.8, 4) is 0 Å². The van der Waals surface area contributed by atoms with Gasteiger partial charge in [-0.15, -0.1) is 0 Å². The summed E-state index contributed by atoms with van der Waals surface area (Å²) < 4.78 is 23.4. The van der Waals surface area contributed by atoms with Crippen molar-refractivity contribution in [2.45, 2.75) is 12.2 Å². The second kappa shape index (κ2) is 5.36. The summed E-state index contributed by atoms with van der Waals surface area (Å²) in [7, 11) is -3.34. The lowest BCUT2D eigenvalue weighted by atomic mass is 10.2. The third-order valence-electron chi connectivity index (χ3n) is 2.33. The fraction of sp³-hybridized carbons (Fsp3) is 0.400. The molecule has 0 saturated carbocycles. The Morgan fingerprint density at radius 3 is 2.44 bits per heavy atom. The number of halogens is 2. The van der Waals surface area contributed by atoms with E-state index in [-0.39, 0.29) is 12.4 Å². The normalized spacial score (nSPS) is 13.8. The second-order valence-corrected chi connectivity index (χ2v) is 6.66. The fourth-order valence-electron chi connectivity index (χ4n) is 1.28. The fourth-order valence-corrected chi connectivity index (χ4v) is 2.75. The van der Waals surface area contributed by atoms with E-state index in [1.807, 2.05) is 0 Å². The zero-order valence-electron chi connectivity index (χ0n) is 8.65. The summed E-state index contributed by atoms with van der Waals surface area (Å²) in [6.07, 6.45) is 0. The predicted octanol–water partition coefficient (Wildman–Crippen LogP) is 2.46. The van der Waals surface area contributed by atoms with Crippen molar-refractivity contribution in [1.29, 1.82) is 0 Å². The molecule has 16 heavy (non-hydrogen) atoms. The summed E-state index contributed by atoms with van der Waals surface area (Å²) in [6.45, 7) is 1.18. The van der Waals surface area contributed by atoms with Crippen molar-refractivity contribution in [3.63, 3.8) is 0 Å².